The third-order valence-electron chi connectivity index (χ3n) is 5.82. The van der Waals surface area contributed by atoms with E-state index in [1.54, 1.807) is 54.7 Å². The number of halogens is 3. The summed E-state index contributed by atoms with van der Waals surface area (Å²) in [7, 11) is 0. The average Bonchev–Trinajstić information content (AvgIpc) is 3.54. The van der Waals surface area contributed by atoms with Gasteiger partial charge in [0.25, 0.3) is 18.2 Å². The highest BCUT2D eigenvalue weighted by molar-refractivity contribution is 7.21. The lowest BCUT2D eigenvalue weighted by atomic mass is 10.0. The first kappa shape index (κ1) is 26.3. The van der Waals surface area contributed by atoms with Crippen molar-refractivity contribution in [2.75, 3.05) is 5.32 Å². The maximum absolute atomic E-state index is 13.7. The van der Waals surface area contributed by atoms with E-state index in [1.165, 1.54) is 16.8 Å². The Hall–Kier alpha value is -4.35. The molecule has 8 nitrogen and oxygen atoms in total. The van der Waals surface area contributed by atoms with Gasteiger partial charge in [-0.25, -0.2) is 18.4 Å². The van der Waals surface area contributed by atoms with Crippen molar-refractivity contribution < 1.29 is 23.1 Å². The van der Waals surface area contributed by atoms with Gasteiger partial charge >= 0.3 is 0 Å². The van der Waals surface area contributed by atoms with Gasteiger partial charge in [0, 0.05) is 16.6 Å². The highest BCUT2D eigenvalue weighted by Crippen LogP contribution is 2.42. The SMILES string of the molecule is Cc1cc(OCn2ccc(C(=O)Nc3c(C(N)=O)sc4nc(C(F)F)cc(-c5ccccc5)c34)n2)ccc1Cl. The number of ether oxygens (including phenoxy) is 1. The first-order chi connectivity index (χ1) is 18.7. The van der Waals surface area contributed by atoms with Crippen molar-refractivity contribution in [2.45, 2.75) is 20.1 Å². The molecule has 12 heteroatoms. The van der Waals surface area contributed by atoms with Gasteiger partial charge < -0.3 is 15.8 Å². The summed E-state index contributed by atoms with van der Waals surface area (Å²) < 4.78 is 34.4. The summed E-state index contributed by atoms with van der Waals surface area (Å²) in [6.07, 6.45) is -1.28. The van der Waals surface area contributed by atoms with Crippen LogP contribution < -0.4 is 15.8 Å². The van der Waals surface area contributed by atoms with E-state index < -0.39 is 23.9 Å². The van der Waals surface area contributed by atoms with Crippen LogP contribution in [0.15, 0.2) is 66.9 Å². The molecule has 0 saturated heterocycles. The third kappa shape index (κ3) is 5.45. The summed E-state index contributed by atoms with van der Waals surface area (Å²) in [4.78, 5) is 29.7. The zero-order chi connectivity index (χ0) is 27.7. The molecule has 198 valence electrons. The van der Waals surface area contributed by atoms with E-state index >= 15 is 0 Å². The second-order valence-corrected chi connectivity index (χ2v) is 9.90. The Labute approximate surface area is 230 Å². The molecular weight excluding hydrogens is 548 g/mol. The van der Waals surface area contributed by atoms with E-state index in [0.717, 1.165) is 16.9 Å². The fraction of sp³-hybridized carbons (Fsp3) is 0.111. The number of anilines is 1. The lowest BCUT2D eigenvalue weighted by molar-refractivity contribution is 0.100. The molecule has 0 spiro atoms. The number of hydrogen-bond donors (Lipinski definition) is 2. The number of pyridine rings is 1. The summed E-state index contributed by atoms with van der Waals surface area (Å²) in [5.41, 5.74) is 7.11. The van der Waals surface area contributed by atoms with Gasteiger partial charge in [0.2, 0.25) is 0 Å². The molecule has 0 bridgehead atoms. The second kappa shape index (κ2) is 10.8. The average molecular weight is 568 g/mol. The molecule has 2 aromatic carbocycles. The Bertz CT molecular complexity index is 1700. The normalized spacial score (nSPS) is 11.2. The summed E-state index contributed by atoms with van der Waals surface area (Å²) in [5, 5.41) is 7.90. The van der Waals surface area contributed by atoms with Crippen molar-refractivity contribution in [3.05, 3.63) is 93.7 Å². The van der Waals surface area contributed by atoms with E-state index in [2.05, 4.69) is 15.4 Å². The van der Waals surface area contributed by atoms with Crippen LogP contribution >= 0.6 is 22.9 Å². The molecule has 2 amide bonds. The summed E-state index contributed by atoms with van der Waals surface area (Å²) >= 11 is 6.88. The summed E-state index contributed by atoms with van der Waals surface area (Å²) in [6.45, 7) is 1.88. The van der Waals surface area contributed by atoms with Crippen molar-refractivity contribution >= 4 is 50.7 Å². The minimum absolute atomic E-state index is 0.0182. The van der Waals surface area contributed by atoms with Crippen LogP contribution in [0, 0.1) is 6.92 Å². The number of alkyl halides is 2. The molecule has 0 aliphatic rings. The Morgan fingerprint density at radius 3 is 2.62 bits per heavy atom. The molecular formula is C27H20ClF2N5O3S. The van der Waals surface area contributed by atoms with Gasteiger partial charge in [0.05, 0.1) is 5.69 Å². The van der Waals surface area contributed by atoms with Gasteiger partial charge in [-0.05, 0) is 53.9 Å². The highest BCUT2D eigenvalue weighted by Gasteiger charge is 2.25. The summed E-state index contributed by atoms with van der Waals surface area (Å²) in [5.74, 6) is -0.878. The molecule has 5 aromatic rings. The number of nitrogens with zero attached hydrogens (tertiary/aromatic N) is 3. The molecule has 0 saturated carbocycles. The third-order valence-corrected chi connectivity index (χ3v) is 7.34. The lowest BCUT2D eigenvalue weighted by Gasteiger charge is -2.10. The number of nitrogens with two attached hydrogens (primary N) is 1. The van der Waals surface area contributed by atoms with Crippen LogP contribution in [0.2, 0.25) is 5.02 Å². The Kier molecular flexibility index (Phi) is 7.27. The van der Waals surface area contributed by atoms with E-state index in [1.807, 2.05) is 6.92 Å². The monoisotopic (exact) mass is 567 g/mol. The zero-order valence-corrected chi connectivity index (χ0v) is 21.9. The lowest BCUT2D eigenvalue weighted by Crippen LogP contribution is -2.17. The molecule has 0 aliphatic carbocycles. The van der Waals surface area contributed by atoms with Crippen molar-refractivity contribution in [3.63, 3.8) is 0 Å². The van der Waals surface area contributed by atoms with Crippen LogP contribution in [-0.2, 0) is 6.73 Å². The van der Waals surface area contributed by atoms with Crippen molar-refractivity contribution in [3.8, 4) is 16.9 Å². The predicted octanol–water partition coefficient (Wildman–Crippen LogP) is 6.45. The number of nitrogens with one attached hydrogen (secondary N) is 1. The second-order valence-electron chi connectivity index (χ2n) is 8.49. The topological polar surface area (TPSA) is 112 Å². The van der Waals surface area contributed by atoms with Gasteiger partial charge in [0.1, 0.15) is 21.2 Å². The Morgan fingerprint density at radius 1 is 1.15 bits per heavy atom. The highest BCUT2D eigenvalue weighted by atomic mass is 35.5. The number of primary amides is 1. The van der Waals surface area contributed by atoms with Gasteiger partial charge in [-0.3, -0.25) is 9.59 Å². The molecule has 3 aromatic heterocycles. The first-order valence-electron chi connectivity index (χ1n) is 11.6. The molecule has 3 heterocycles. The summed E-state index contributed by atoms with van der Waals surface area (Å²) in [6, 6.07) is 16.7. The Morgan fingerprint density at radius 2 is 1.92 bits per heavy atom. The minimum Gasteiger partial charge on any atom is -0.471 e. The number of benzene rings is 2. The maximum Gasteiger partial charge on any atom is 0.280 e. The van der Waals surface area contributed by atoms with Crippen molar-refractivity contribution in [1.82, 2.24) is 14.8 Å². The molecule has 0 fully saturated rings. The van der Waals surface area contributed by atoms with Gasteiger partial charge in [-0.1, -0.05) is 41.9 Å². The number of amides is 2. The number of aryl methyl sites for hydroxylation is 1. The van der Waals surface area contributed by atoms with Crippen molar-refractivity contribution in [2.24, 2.45) is 5.73 Å². The van der Waals surface area contributed by atoms with E-state index in [-0.39, 0.29) is 27.8 Å². The fourth-order valence-corrected chi connectivity index (χ4v) is 5.08. The Balaban J connectivity index is 1.47. The number of carbonyl (C=O) groups excluding carboxylic acids is 2. The van der Waals surface area contributed by atoms with Crippen LogP contribution in [0.4, 0.5) is 14.5 Å². The number of rotatable bonds is 8. The number of thiophene rings is 1. The van der Waals surface area contributed by atoms with E-state index in [9.17, 15) is 18.4 Å². The number of hydrogen-bond acceptors (Lipinski definition) is 6. The first-order valence-corrected chi connectivity index (χ1v) is 12.7. The van der Waals surface area contributed by atoms with E-state index in [0.29, 0.717) is 27.3 Å². The quantitative estimate of drug-likeness (QED) is 0.224. The minimum atomic E-state index is -2.84. The molecule has 0 unspecified atom stereocenters. The standard InChI is InChI=1S/C27H20ClF2N5O3S/c1-14-11-16(7-8-18(14)28)38-13-35-10-9-19(34-35)26(37)33-22-21-17(15-5-3-2-4-6-15)12-20(24(29)30)32-27(21)39-23(22)25(31)36/h2-12,24H,13H2,1H3,(H2,31,36)(H,33,37). The van der Waals surface area contributed by atoms with E-state index in [4.69, 9.17) is 22.1 Å². The number of carbonyl (C=O) groups is 2. The molecule has 3 N–H and O–H groups in total. The van der Waals surface area contributed by atoms with Crippen LogP contribution in [0.25, 0.3) is 21.3 Å². The molecule has 39 heavy (non-hydrogen) atoms. The van der Waals surface area contributed by atoms with Gasteiger partial charge in [-0.2, -0.15) is 5.10 Å². The molecule has 5 rings (SSSR count). The number of fused-ring (bicyclic) bond motifs is 1. The smallest absolute Gasteiger partial charge is 0.280 e. The zero-order valence-electron chi connectivity index (χ0n) is 20.3. The molecule has 0 radical (unpaired) electrons. The van der Waals surface area contributed by atoms with Crippen LogP contribution in [0.1, 0.15) is 37.8 Å². The fourth-order valence-electron chi connectivity index (χ4n) is 3.95. The van der Waals surface area contributed by atoms with Crippen LogP contribution in [-0.4, -0.2) is 26.6 Å². The molecule has 0 aliphatic heterocycles. The van der Waals surface area contributed by atoms with Crippen LogP contribution in [0.5, 0.6) is 5.75 Å². The molecule has 0 atom stereocenters. The largest absolute Gasteiger partial charge is 0.471 e. The van der Waals surface area contributed by atoms with Gasteiger partial charge in [0.15, 0.2) is 12.4 Å². The van der Waals surface area contributed by atoms with Crippen LogP contribution in [0.3, 0.4) is 0 Å². The van der Waals surface area contributed by atoms with Crippen molar-refractivity contribution in [1.29, 1.82) is 0 Å². The van der Waals surface area contributed by atoms with Gasteiger partial charge in [-0.15, -0.1) is 11.3 Å². The predicted molar refractivity (Wildman–Crippen MR) is 146 cm³/mol. The maximum atomic E-state index is 13.7. The number of aromatic nitrogens is 3.